The van der Waals surface area contributed by atoms with Crippen LogP contribution in [-0.4, -0.2) is 7.05 Å². The molecular formula is C16H19BrN2. The quantitative estimate of drug-likeness (QED) is 0.927. The highest BCUT2D eigenvalue weighted by Gasteiger charge is 2.07. The molecule has 2 N–H and O–H groups in total. The first kappa shape index (κ1) is 14.1. The molecule has 0 fully saturated rings. The SMILES string of the molecule is Cc1ccccc1N(C)Cc1ccc(CN)cc1Br. The Morgan fingerprint density at radius 3 is 2.53 bits per heavy atom. The Morgan fingerprint density at radius 1 is 1.16 bits per heavy atom. The number of benzene rings is 2. The fourth-order valence-corrected chi connectivity index (χ4v) is 2.73. The highest BCUT2D eigenvalue weighted by molar-refractivity contribution is 9.10. The lowest BCUT2D eigenvalue weighted by atomic mass is 10.1. The molecule has 0 aliphatic heterocycles. The van der Waals surface area contributed by atoms with E-state index in [1.165, 1.54) is 16.8 Å². The number of hydrogen-bond acceptors (Lipinski definition) is 2. The first-order chi connectivity index (χ1) is 9.11. The van der Waals surface area contributed by atoms with Crippen LogP contribution in [-0.2, 0) is 13.1 Å². The van der Waals surface area contributed by atoms with E-state index in [0.29, 0.717) is 6.54 Å². The molecular weight excluding hydrogens is 300 g/mol. The number of para-hydroxylation sites is 1. The van der Waals surface area contributed by atoms with Gasteiger partial charge >= 0.3 is 0 Å². The van der Waals surface area contributed by atoms with Crippen LogP contribution < -0.4 is 10.6 Å². The molecule has 2 aromatic rings. The zero-order valence-corrected chi connectivity index (χ0v) is 12.9. The Kier molecular flexibility index (Phi) is 4.61. The van der Waals surface area contributed by atoms with Gasteiger partial charge in [0, 0.05) is 30.3 Å². The molecule has 0 aliphatic carbocycles. The maximum absolute atomic E-state index is 5.65. The minimum Gasteiger partial charge on any atom is -0.370 e. The fourth-order valence-electron chi connectivity index (χ4n) is 2.18. The molecule has 0 aromatic heterocycles. The van der Waals surface area contributed by atoms with Gasteiger partial charge in [0.2, 0.25) is 0 Å². The van der Waals surface area contributed by atoms with Crippen molar-refractivity contribution in [1.82, 2.24) is 0 Å². The first-order valence-corrected chi connectivity index (χ1v) is 7.15. The summed E-state index contributed by atoms with van der Waals surface area (Å²) >= 11 is 3.63. The smallest absolute Gasteiger partial charge is 0.0437 e. The molecule has 0 unspecified atom stereocenters. The van der Waals surface area contributed by atoms with Gasteiger partial charge < -0.3 is 10.6 Å². The van der Waals surface area contributed by atoms with Crippen LogP contribution >= 0.6 is 15.9 Å². The van der Waals surface area contributed by atoms with Gasteiger partial charge in [0.25, 0.3) is 0 Å². The van der Waals surface area contributed by atoms with E-state index < -0.39 is 0 Å². The summed E-state index contributed by atoms with van der Waals surface area (Å²) in [6.45, 7) is 3.58. The summed E-state index contributed by atoms with van der Waals surface area (Å²) in [5.41, 5.74) is 10.6. The molecule has 2 aromatic carbocycles. The number of nitrogens with two attached hydrogens (primary N) is 1. The van der Waals surface area contributed by atoms with Gasteiger partial charge in [0.1, 0.15) is 0 Å². The van der Waals surface area contributed by atoms with E-state index in [4.69, 9.17) is 5.73 Å². The summed E-state index contributed by atoms with van der Waals surface area (Å²) in [4.78, 5) is 2.26. The van der Waals surface area contributed by atoms with Gasteiger partial charge in [-0.2, -0.15) is 0 Å². The number of nitrogens with zero attached hydrogens (tertiary/aromatic N) is 1. The van der Waals surface area contributed by atoms with Crippen LogP contribution in [0.1, 0.15) is 16.7 Å². The van der Waals surface area contributed by atoms with Gasteiger partial charge in [-0.3, -0.25) is 0 Å². The molecule has 0 spiro atoms. The molecule has 0 amide bonds. The molecule has 0 heterocycles. The van der Waals surface area contributed by atoms with Gasteiger partial charge in [0.15, 0.2) is 0 Å². The van der Waals surface area contributed by atoms with E-state index in [-0.39, 0.29) is 0 Å². The zero-order chi connectivity index (χ0) is 13.8. The third-order valence-corrected chi connectivity index (χ3v) is 4.03. The predicted molar refractivity (Wildman–Crippen MR) is 85.3 cm³/mol. The Hall–Kier alpha value is -1.32. The van der Waals surface area contributed by atoms with Crippen LogP contribution in [0.3, 0.4) is 0 Å². The topological polar surface area (TPSA) is 29.3 Å². The maximum Gasteiger partial charge on any atom is 0.0437 e. The molecule has 0 atom stereocenters. The van der Waals surface area contributed by atoms with Crippen molar-refractivity contribution in [2.75, 3.05) is 11.9 Å². The molecule has 3 heteroatoms. The summed E-state index contributed by atoms with van der Waals surface area (Å²) in [7, 11) is 2.12. The van der Waals surface area contributed by atoms with Crippen LogP contribution in [0.2, 0.25) is 0 Å². The monoisotopic (exact) mass is 318 g/mol. The van der Waals surface area contributed by atoms with E-state index in [2.05, 4.69) is 77.3 Å². The average Bonchev–Trinajstić information content (AvgIpc) is 2.41. The van der Waals surface area contributed by atoms with Crippen molar-refractivity contribution in [1.29, 1.82) is 0 Å². The summed E-state index contributed by atoms with van der Waals surface area (Å²) in [5, 5.41) is 0. The summed E-state index contributed by atoms with van der Waals surface area (Å²) in [6.07, 6.45) is 0. The van der Waals surface area contributed by atoms with Gasteiger partial charge in [0.05, 0.1) is 0 Å². The van der Waals surface area contributed by atoms with Crippen LogP contribution in [0.5, 0.6) is 0 Å². The minimum atomic E-state index is 0.576. The molecule has 19 heavy (non-hydrogen) atoms. The number of halogens is 1. The molecule has 0 aliphatic rings. The molecule has 2 rings (SSSR count). The van der Waals surface area contributed by atoms with Crippen LogP contribution in [0.15, 0.2) is 46.9 Å². The molecule has 0 saturated heterocycles. The number of rotatable bonds is 4. The second-order valence-corrected chi connectivity index (χ2v) is 5.63. The molecule has 100 valence electrons. The Morgan fingerprint density at radius 2 is 1.89 bits per heavy atom. The normalized spacial score (nSPS) is 10.5. The zero-order valence-electron chi connectivity index (χ0n) is 11.4. The summed E-state index contributed by atoms with van der Waals surface area (Å²) in [6, 6.07) is 14.8. The van der Waals surface area contributed by atoms with Crippen molar-refractivity contribution < 1.29 is 0 Å². The second kappa shape index (κ2) is 6.22. The number of aryl methyl sites for hydroxylation is 1. The second-order valence-electron chi connectivity index (χ2n) is 4.77. The lowest BCUT2D eigenvalue weighted by Crippen LogP contribution is -2.17. The highest BCUT2D eigenvalue weighted by atomic mass is 79.9. The van der Waals surface area contributed by atoms with Gasteiger partial charge in [-0.15, -0.1) is 0 Å². The van der Waals surface area contributed by atoms with Crippen LogP contribution in [0.4, 0.5) is 5.69 Å². The molecule has 0 bridgehead atoms. The molecule has 0 saturated carbocycles. The average molecular weight is 319 g/mol. The van der Waals surface area contributed by atoms with Crippen molar-refractivity contribution in [3.8, 4) is 0 Å². The standard InChI is InChI=1S/C16H19BrN2/c1-12-5-3-4-6-16(12)19(2)11-14-8-7-13(10-18)9-15(14)17/h3-9H,10-11,18H2,1-2H3. The molecule has 2 nitrogen and oxygen atoms in total. The van der Waals surface area contributed by atoms with Crippen LogP contribution in [0, 0.1) is 6.92 Å². The van der Waals surface area contributed by atoms with Gasteiger partial charge in [-0.1, -0.05) is 46.3 Å². The lowest BCUT2D eigenvalue weighted by Gasteiger charge is -2.22. The first-order valence-electron chi connectivity index (χ1n) is 6.36. The largest absolute Gasteiger partial charge is 0.370 e. The third kappa shape index (κ3) is 3.37. The van der Waals surface area contributed by atoms with Gasteiger partial charge in [-0.05, 0) is 35.7 Å². The van der Waals surface area contributed by atoms with E-state index in [1.807, 2.05) is 0 Å². The van der Waals surface area contributed by atoms with E-state index in [9.17, 15) is 0 Å². The van der Waals surface area contributed by atoms with E-state index >= 15 is 0 Å². The van der Waals surface area contributed by atoms with Gasteiger partial charge in [-0.25, -0.2) is 0 Å². The minimum absolute atomic E-state index is 0.576. The third-order valence-electron chi connectivity index (χ3n) is 3.29. The highest BCUT2D eigenvalue weighted by Crippen LogP contribution is 2.24. The van der Waals surface area contributed by atoms with E-state index in [1.54, 1.807) is 0 Å². The van der Waals surface area contributed by atoms with Crippen molar-refractivity contribution in [2.24, 2.45) is 5.73 Å². The van der Waals surface area contributed by atoms with Crippen LogP contribution in [0.25, 0.3) is 0 Å². The predicted octanol–water partition coefficient (Wildman–Crippen LogP) is 3.85. The molecule has 0 radical (unpaired) electrons. The maximum atomic E-state index is 5.65. The Balaban J connectivity index is 2.19. The summed E-state index contributed by atoms with van der Waals surface area (Å²) in [5.74, 6) is 0. The Bertz CT molecular complexity index is 566. The lowest BCUT2D eigenvalue weighted by molar-refractivity contribution is 0.910. The number of hydrogen-bond donors (Lipinski definition) is 1. The van der Waals surface area contributed by atoms with Crippen molar-refractivity contribution >= 4 is 21.6 Å². The van der Waals surface area contributed by atoms with Crippen molar-refractivity contribution in [2.45, 2.75) is 20.0 Å². The van der Waals surface area contributed by atoms with Crippen molar-refractivity contribution in [3.63, 3.8) is 0 Å². The number of anilines is 1. The summed E-state index contributed by atoms with van der Waals surface area (Å²) < 4.78 is 1.12. The Labute approximate surface area is 123 Å². The van der Waals surface area contributed by atoms with Crippen molar-refractivity contribution in [3.05, 3.63) is 63.6 Å². The van der Waals surface area contributed by atoms with E-state index in [0.717, 1.165) is 16.6 Å². The fraction of sp³-hybridized carbons (Fsp3) is 0.250.